The molecular weight excluding hydrogens is 250 g/mol. The minimum absolute atomic E-state index is 0.284. The van der Waals surface area contributed by atoms with Gasteiger partial charge in [-0.25, -0.2) is 0 Å². The molecule has 0 radical (unpaired) electrons. The molecule has 1 saturated heterocycles. The molecule has 0 spiro atoms. The normalized spacial score (nSPS) is 19.7. The lowest BCUT2D eigenvalue weighted by Crippen LogP contribution is -2.39. The lowest BCUT2D eigenvalue weighted by atomic mass is 10.0. The van der Waals surface area contributed by atoms with Crippen LogP contribution in [0.3, 0.4) is 0 Å². The van der Waals surface area contributed by atoms with Gasteiger partial charge in [-0.1, -0.05) is 12.1 Å². The van der Waals surface area contributed by atoms with E-state index < -0.39 is 0 Å². The first kappa shape index (κ1) is 11.9. The number of rotatable bonds is 2. The number of fused-ring (bicyclic) bond motifs is 3. The van der Waals surface area contributed by atoms with Crippen LogP contribution in [0.2, 0.25) is 0 Å². The number of hydrogen-bond acceptors (Lipinski definition) is 3. The maximum absolute atomic E-state index is 5.77. The van der Waals surface area contributed by atoms with Crippen molar-refractivity contribution in [2.24, 2.45) is 0 Å². The summed E-state index contributed by atoms with van der Waals surface area (Å²) in [6.07, 6.45) is 4.98. The van der Waals surface area contributed by atoms with Gasteiger partial charge in [-0.15, -0.1) is 0 Å². The number of H-pyrrole nitrogens is 1. The van der Waals surface area contributed by atoms with Crippen LogP contribution in [0, 0.1) is 0 Å². The number of pyridine rings is 1. The first-order valence-corrected chi connectivity index (χ1v) is 7.07. The quantitative estimate of drug-likeness (QED) is 0.748. The second kappa shape index (κ2) is 4.89. The van der Waals surface area contributed by atoms with E-state index in [0.29, 0.717) is 0 Å². The highest BCUT2D eigenvalue weighted by Crippen LogP contribution is 2.25. The summed E-state index contributed by atoms with van der Waals surface area (Å²) in [5, 5.41) is 5.79. The lowest BCUT2D eigenvalue weighted by molar-refractivity contribution is 0.0292. The van der Waals surface area contributed by atoms with E-state index >= 15 is 0 Å². The minimum Gasteiger partial charge on any atom is -0.375 e. The number of morpholine rings is 1. The molecule has 1 aliphatic rings. The van der Waals surface area contributed by atoms with Crippen LogP contribution in [0.15, 0.2) is 36.7 Å². The number of benzene rings is 1. The molecule has 2 N–H and O–H groups in total. The summed E-state index contributed by atoms with van der Waals surface area (Å²) >= 11 is 0. The summed E-state index contributed by atoms with van der Waals surface area (Å²) < 4.78 is 5.77. The topological polar surface area (TPSA) is 49.9 Å². The predicted octanol–water partition coefficient (Wildman–Crippen LogP) is 2.25. The van der Waals surface area contributed by atoms with Crippen LogP contribution in [0.25, 0.3) is 21.8 Å². The third-order valence-electron chi connectivity index (χ3n) is 3.93. The fraction of sp³-hybridized carbons (Fsp3) is 0.312. The van der Waals surface area contributed by atoms with Crippen molar-refractivity contribution in [2.45, 2.75) is 12.5 Å². The molecule has 4 nitrogen and oxygen atoms in total. The third kappa shape index (κ3) is 2.07. The van der Waals surface area contributed by atoms with Gasteiger partial charge in [0.25, 0.3) is 0 Å². The number of aromatic amines is 1. The Morgan fingerprint density at radius 2 is 2.20 bits per heavy atom. The average Bonchev–Trinajstić information content (AvgIpc) is 2.86. The van der Waals surface area contributed by atoms with Crippen LogP contribution in [0.5, 0.6) is 0 Å². The van der Waals surface area contributed by atoms with Crippen LogP contribution in [-0.4, -0.2) is 35.8 Å². The second-order valence-electron chi connectivity index (χ2n) is 5.33. The van der Waals surface area contributed by atoms with Crippen molar-refractivity contribution >= 4 is 21.8 Å². The van der Waals surface area contributed by atoms with Crippen LogP contribution in [0.1, 0.15) is 5.56 Å². The summed E-state index contributed by atoms with van der Waals surface area (Å²) in [6.45, 7) is 2.71. The zero-order chi connectivity index (χ0) is 13.4. The molecule has 20 heavy (non-hydrogen) atoms. The van der Waals surface area contributed by atoms with Crippen molar-refractivity contribution in [3.63, 3.8) is 0 Å². The van der Waals surface area contributed by atoms with E-state index in [2.05, 4.69) is 33.5 Å². The van der Waals surface area contributed by atoms with E-state index in [9.17, 15) is 0 Å². The Balaban J connectivity index is 1.69. The molecular formula is C16H17N3O. The molecule has 0 saturated carbocycles. The molecule has 102 valence electrons. The standard InChI is InChI=1S/C16H17N3O/c1-2-13-14-10-17-4-3-15(14)19-16(13)8-11(1)7-12-9-18-5-6-20-12/h1-4,8,10,12,18-19H,5-7,9H2. The lowest BCUT2D eigenvalue weighted by Gasteiger charge is -2.23. The van der Waals surface area contributed by atoms with Crippen molar-refractivity contribution in [1.82, 2.24) is 15.3 Å². The van der Waals surface area contributed by atoms with Crippen molar-refractivity contribution in [1.29, 1.82) is 0 Å². The number of hydrogen-bond donors (Lipinski definition) is 2. The smallest absolute Gasteiger partial charge is 0.0740 e. The highest BCUT2D eigenvalue weighted by atomic mass is 16.5. The summed E-state index contributed by atoms with van der Waals surface area (Å²) in [7, 11) is 0. The van der Waals surface area contributed by atoms with Crippen LogP contribution in [-0.2, 0) is 11.2 Å². The van der Waals surface area contributed by atoms with Crippen LogP contribution >= 0.6 is 0 Å². The van der Waals surface area contributed by atoms with E-state index in [1.54, 1.807) is 0 Å². The zero-order valence-corrected chi connectivity index (χ0v) is 11.2. The Kier molecular flexibility index (Phi) is 2.90. The highest BCUT2D eigenvalue weighted by Gasteiger charge is 2.14. The molecule has 1 unspecified atom stereocenters. The highest BCUT2D eigenvalue weighted by molar-refractivity contribution is 6.06. The van der Waals surface area contributed by atoms with Crippen molar-refractivity contribution in [2.75, 3.05) is 19.7 Å². The fourth-order valence-electron chi connectivity index (χ4n) is 2.93. The van der Waals surface area contributed by atoms with Gasteiger partial charge in [0.05, 0.1) is 12.7 Å². The summed E-state index contributed by atoms with van der Waals surface area (Å²) in [5.74, 6) is 0. The Labute approximate surface area is 117 Å². The maximum atomic E-state index is 5.77. The molecule has 1 aliphatic heterocycles. The first-order valence-electron chi connectivity index (χ1n) is 7.07. The van der Waals surface area contributed by atoms with Gasteiger partial charge in [-0.05, 0) is 24.1 Å². The van der Waals surface area contributed by atoms with E-state index in [-0.39, 0.29) is 6.10 Å². The first-order chi connectivity index (χ1) is 9.90. The molecule has 0 amide bonds. The van der Waals surface area contributed by atoms with Crippen molar-refractivity contribution < 1.29 is 4.74 Å². The summed E-state index contributed by atoms with van der Waals surface area (Å²) in [5.41, 5.74) is 3.63. The van der Waals surface area contributed by atoms with Gasteiger partial charge in [0.15, 0.2) is 0 Å². The Morgan fingerprint density at radius 1 is 1.20 bits per heavy atom. The number of nitrogens with zero attached hydrogens (tertiary/aromatic N) is 1. The molecule has 3 heterocycles. The van der Waals surface area contributed by atoms with E-state index in [0.717, 1.165) is 31.6 Å². The zero-order valence-electron chi connectivity index (χ0n) is 11.2. The molecule has 4 rings (SSSR count). The molecule has 0 aliphatic carbocycles. The Bertz CT molecular complexity index is 744. The minimum atomic E-state index is 0.284. The van der Waals surface area contributed by atoms with Crippen LogP contribution < -0.4 is 5.32 Å². The van der Waals surface area contributed by atoms with E-state index in [4.69, 9.17) is 4.74 Å². The molecule has 3 aromatic rings. The average molecular weight is 267 g/mol. The second-order valence-corrected chi connectivity index (χ2v) is 5.33. The van der Waals surface area contributed by atoms with Gasteiger partial charge in [0, 0.05) is 47.3 Å². The SMILES string of the molecule is c1cc2[nH]c3cc(CC4CNCCO4)ccc3c2cn1. The number of nitrogens with one attached hydrogen (secondary N) is 2. The Hall–Kier alpha value is -1.91. The van der Waals surface area contributed by atoms with E-state index in [1.807, 2.05) is 18.5 Å². The molecule has 1 aromatic carbocycles. The largest absolute Gasteiger partial charge is 0.375 e. The molecule has 1 atom stereocenters. The van der Waals surface area contributed by atoms with Gasteiger partial charge in [-0.3, -0.25) is 4.98 Å². The molecule has 2 aromatic heterocycles. The van der Waals surface area contributed by atoms with Crippen LogP contribution in [0.4, 0.5) is 0 Å². The summed E-state index contributed by atoms with van der Waals surface area (Å²) in [4.78, 5) is 7.66. The molecule has 1 fully saturated rings. The van der Waals surface area contributed by atoms with Gasteiger partial charge < -0.3 is 15.0 Å². The Morgan fingerprint density at radius 3 is 3.10 bits per heavy atom. The van der Waals surface area contributed by atoms with Crippen molar-refractivity contribution in [3.8, 4) is 0 Å². The van der Waals surface area contributed by atoms with E-state index in [1.165, 1.54) is 21.9 Å². The van der Waals surface area contributed by atoms with Gasteiger partial charge in [-0.2, -0.15) is 0 Å². The van der Waals surface area contributed by atoms with Gasteiger partial charge >= 0.3 is 0 Å². The fourth-order valence-corrected chi connectivity index (χ4v) is 2.93. The number of ether oxygens (including phenoxy) is 1. The van der Waals surface area contributed by atoms with Gasteiger partial charge in [0.2, 0.25) is 0 Å². The van der Waals surface area contributed by atoms with Crippen molar-refractivity contribution in [3.05, 3.63) is 42.2 Å². The maximum Gasteiger partial charge on any atom is 0.0740 e. The third-order valence-corrected chi connectivity index (χ3v) is 3.93. The monoisotopic (exact) mass is 267 g/mol. The molecule has 0 bridgehead atoms. The molecule has 4 heteroatoms. The van der Waals surface area contributed by atoms with Gasteiger partial charge in [0.1, 0.15) is 0 Å². The number of aromatic nitrogens is 2. The summed E-state index contributed by atoms with van der Waals surface area (Å²) in [6, 6.07) is 8.62. The predicted molar refractivity (Wildman–Crippen MR) is 79.9 cm³/mol.